The molecule has 2 aromatic rings. The first kappa shape index (κ1) is 11.4. The van der Waals surface area contributed by atoms with Gasteiger partial charge in [-0.2, -0.15) is 11.3 Å². The third-order valence-electron chi connectivity index (χ3n) is 3.36. The van der Waals surface area contributed by atoms with Gasteiger partial charge in [0.1, 0.15) is 6.10 Å². The molecule has 0 aliphatic carbocycles. The second-order valence-electron chi connectivity index (χ2n) is 4.48. The van der Waals surface area contributed by atoms with E-state index >= 15 is 0 Å². The van der Waals surface area contributed by atoms with Crippen molar-refractivity contribution in [2.45, 2.75) is 12.5 Å². The van der Waals surface area contributed by atoms with Crippen LogP contribution in [0.15, 0.2) is 35.0 Å². The Labute approximate surface area is 109 Å². The van der Waals surface area contributed by atoms with Crippen molar-refractivity contribution in [2.24, 2.45) is 0 Å². The number of hydrogen-bond acceptors (Lipinski definition) is 3. The fourth-order valence-electron chi connectivity index (χ4n) is 2.28. The van der Waals surface area contributed by atoms with E-state index in [1.54, 1.807) is 23.3 Å². The zero-order valence-electron chi connectivity index (χ0n) is 9.96. The SMILES string of the molecule is CN1C(=O)Cc2cc(C(O)c3ccsc3)ccc21. The maximum absolute atomic E-state index is 11.6. The molecule has 1 amide bonds. The predicted octanol–water partition coefficient (Wildman–Crippen LogP) is 2.35. The fourth-order valence-corrected chi connectivity index (χ4v) is 2.96. The summed E-state index contributed by atoms with van der Waals surface area (Å²) in [5.74, 6) is 0.104. The molecule has 0 saturated carbocycles. The number of thiophene rings is 1. The van der Waals surface area contributed by atoms with Crippen LogP contribution >= 0.6 is 11.3 Å². The monoisotopic (exact) mass is 259 g/mol. The Kier molecular flexibility index (Phi) is 2.69. The van der Waals surface area contributed by atoms with Crippen molar-refractivity contribution in [2.75, 3.05) is 11.9 Å². The van der Waals surface area contributed by atoms with E-state index < -0.39 is 6.10 Å². The molecule has 1 aromatic carbocycles. The van der Waals surface area contributed by atoms with Crippen LogP contribution in [-0.2, 0) is 11.2 Å². The number of benzene rings is 1. The molecule has 0 saturated heterocycles. The summed E-state index contributed by atoms with van der Waals surface area (Å²) in [5, 5.41) is 14.1. The van der Waals surface area contributed by atoms with Crippen molar-refractivity contribution < 1.29 is 9.90 Å². The Bertz CT molecular complexity index is 592. The number of rotatable bonds is 2. The molecule has 92 valence electrons. The normalized spacial score (nSPS) is 15.9. The van der Waals surface area contributed by atoms with Crippen LogP contribution in [0.2, 0.25) is 0 Å². The number of aliphatic hydroxyl groups excluding tert-OH is 1. The Morgan fingerprint density at radius 1 is 1.33 bits per heavy atom. The highest BCUT2D eigenvalue weighted by Crippen LogP contribution is 2.32. The van der Waals surface area contributed by atoms with E-state index in [9.17, 15) is 9.90 Å². The quantitative estimate of drug-likeness (QED) is 0.899. The van der Waals surface area contributed by atoms with Crippen LogP contribution < -0.4 is 4.90 Å². The first-order valence-electron chi connectivity index (χ1n) is 5.76. The van der Waals surface area contributed by atoms with Gasteiger partial charge in [-0.15, -0.1) is 0 Å². The van der Waals surface area contributed by atoms with Crippen molar-refractivity contribution in [3.05, 3.63) is 51.7 Å². The third-order valence-corrected chi connectivity index (χ3v) is 4.06. The van der Waals surface area contributed by atoms with Crippen LogP contribution in [0.4, 0.5) is 5.69 Å². The topological polar surface area (TPSA) is 40.5 Å². The van der Waals surface area contributed by atoms with Crippen LogP contribution in [0.3, 0.4) is 0 Å². The molecule has 0 fully saturated rings. The van der Waals surface area contributed by atoms with Gasteiger partial charge in [0.25, 0.3) is 0 Å². The molecule has 1 atom stereocenters. The molecule has 0 bridgehead atoms. The lowest BCUT2D eigenvalue weighted by Crippen LogP contribution is -2.20. The Morgan fingerprint density at radius 3 is 2.89 bits per heavy atom. The Morgan fingerprint density at radius 2 is 2.17 bits per heavy atom. The van der Waals surface area contributed by atoms with Crippen LogP contribution in [0.5, 0.6) is 0 Å². The Balaban J connectivity index is 1.97. The molecule has 3 nitrogen and oxygen atoms in total. The van der Waals surface area contributed by atoms with E-state index in [1.807, 2.05) is 35.0 Å². The van der Waals surface area contributed by atoms with Gasteiger partial charge in [-0.05, 0) is 39.6 Å². The van der Waals surface area contributed by atoms with Gasteiger partial charge in [0.05, 0.1) is 6.42 Å². The summed E-state index contributed by atoms with van der Waals surface area (Å²) in [6.07, 6.45) is -0.182. The highest BCUT2D eigenvalue weighted by molar-refractivity contribution is 7.07. The van der Waals surface area contributed by atoms with Gasteiger partial charge in [-0.1, -0.05) is 12.1 Å². The van der Waals surface area contributed by atoms with Gasteiger partial charge >= 0.3 is 0 Å². The molecule has 3 rings (SSSR count). The molecule has 18 heavy (non-hydrogen) atoms. The molecule has 1 aliphatic heterocycles. The second kappa shape index (κ2) is 4.23. The standard InChI is InChI=1S/C14H13NO2S/c1-15-12-3-2-9(6-11(12)7-13(15)16)14(17)10-4-5-18-8-10/h2-6,8,14,17H,7H2,1H3. The van der Waals surface area contributed by atoms with Crippen molar-refractivity contribution in [3.63, 3.8) is 0 Å². The number of aliphatic hydroxyl groups is 1. The zero-order chi connectivity index (χ0) is 12.7. The first-order chi connectivity index (χ1) is 8.66. The average molecular weight is 259 g/mol. The largest absolute Gasteiger partial charge is 0.384 e. The highest BCUT2D eigenvalue weighted by atomic mass is 32.1. The maximum Gasteiger partial charge on any atom is 0.231 e. The molecular weight excluding hydrogens is 246 g/mol. The van der Waals surface area contributed by atoms with Crippen molar-refractivity contribution >= 4 is 22.9 Å². The van der Waals surface area contributed by atoms with Gasteiger partial charge in [-0.3, -0.25) is 4.79 Å². The lowest BCUT2D eigenvalue weighted by atomic mass is 10.0. The number of fused-ring (bicyclic) bond motifs is 1. The summed E-state index contributed by atoms with van der Waals surface area (Å²) >= 11 is 1.57. The maximum atomic E-state index is 11.6. The van der Waals surface area contributed by atoms with Gasteiger partial charge < -0.3 is 10.0 Å². The third kappa shape index (κ3) is 1.74. The van der Waals surface area contributed by atoms with Gasteiger partial charge in [-0.25, -0.2) is 0 Å². The average Bonchev–Trinajstić information content (AvgIpc) is 2.98. The number of carbonyl (C=O) groups is 1. The molecular formula is C14H13NO2S. The molecule has 0 radical (unpaired) electrons. The number of likely N-dealkylation sites (N-methyl/N-ethyl adjacent to an activating group) is 1. The van der Waals surface area contributed by atoms with Crippen molar-refractivity contribution in [3.8, 4) is 0 Å². The smallest absolute Gasteiger partial charge is 0.231 e. The van der Waals surface area contributed by atoms with Crippen molar-refractivity contribution in [1.29, 1.82) is 0 Å². The molecule has 1 N–H and O–H groups in total. The van der Waals surface area contributed by atoms with Gasteiger partial charge in [0.2, 0.25) is 5.91 Å². The Hall–Kier alpha value is -1.65. The van der Waals surface area contributed by atoms with Gasteiger partial charge in [0, 0.05) is 12.7 Å². The summed E-state index contributed by atoms with van der Waals surface area (Å²) in [7, 11) is 1.78. The van der Waals surface area contributed by atoms with Crippen LogP contribution in [-0.4, -0.2) is 18.1 Å². The first-order valence-corrected chi connectivity index (χ1v) is 6.70. The molecule has 2 heterocycles. The molecule has 0 spiro atoms. The highest BCUT2D eigenvalue weighted by Gasteiger charge is 2.25. The van der Waals surface area contributed by atoms with E-state index in [-0.39, 0.29) is 5.91 Å². The van der Waals surface area contributed by atoms with E-state index in [1.165, 1.54) is 0 Å². The van der Waals surface area contributed by atoms with Crippen LogP contribution in [0, 0.1) is 0 Å². The number of amides is 1. The van der Waals surface area contributed by atoms with Crippen molar-refractivity contribution in [1.82, 2.24) is 0 Å². The summed E-state index contributed by atoms with van der Waals surface area (Å²) in [6, 6.07) is 7.64. The number of carbonyl (C=O) groups excluding carboxylic acids is 1. The summed E-state index contributed by atoms with van der Waals surface area (Å²) in [6.45, 7) is 0. The van der Waals surface area contributed by atoms with E-state index in [4.69, 9.17) is 0 Å². The zero-order valence-corrected chi connectivity index (χ0v) is 10.8. The summed E-state index contributed by atoms with van der Waals surface area (Å²) in [4.78, 5) is 13.3. The number of nitrogens with zero attached hydrogens (tertiary/aromatic N) is 1. The van der Waals surface area contributed by atoms with Crippen LogP contribution in [0.1, 0.15) is 22.8 Å². The van der Waals surface area contributed by atoms with Gasteiger partial charge in [0.15, 0.2) is 0 Å². The van der Waals surface area contributed by atoms with E-state index in [2.05, 4.69) is 0 Å². The predicted molar refractivity (Wildman–Crippen MR) is 71.9 cm³/mol. The minimum Gasteiger partial charge on any atom is -0.384 e. The minimum atomic E-state index is -0.609. The second-order valence-corrected chi connectivity index (χ2v) is 5.26. The number of hydrogen-bond donors (Lipinski definition) is 1. The van der Waals surface area contributed by atoms with Crippen LogP contribution in [0.25, 0.3) is 0 Å². The number of anilines is 1. The summed E-state index contributed by atoms with van der Waals surface area (Å²) < 4.78 is 0. The fraction of sp³-hybridized carbons (Fsp3) is 0.214. The molecule has 1 aliphatic rings. The molecule has 1 unspecified atom stereocenters. The molecule has 4 heteroatoms. The lowest BCUT2D eigenvalue weighted by Gasteiger charge is -2.13. The lowest BCUT2D eigenvalue weighted by molar-refractivity contribution is -0.117. The van der Waals surface area contributed by atoms with E-state index in [0.717, 1.165) is 22.4 Å². The summed E-state index contributed by atoms with van der Waals surface area (Å²) in [5.41, 5.74) is 3.68. The molecule has 1 aromatic heterocycles. The van der Waals surface area contributed by atoms with E-state index in [0.29, 0.717) is 6.42 Å². The minimum absolute atomic E-state index is 0.104.